The lowest BCUT2D eigenvalue weighted by molar-refractivity contribution is -0.384. The van der Waals surface area contributed by atoms with Gasteiger partial charge < -0.3 is 11.1 Å². The van der Waals surface area contributed by atoms with Crippen LogP contribution in [0.25, 0.3) is 0 Å². The van der Waals surface area contributed by atoms with Crippen molar-refractivity contribution < 1.29 is 14.5 Å². The number of unbranched alkanes of at least 4 members (excludes halogenated alkanes) is 1. The van der Waals surface area contributed by atoms with Crippen LogP contribution in [0, 0.1) is 10.1 Å². The second kappa shape index (κ2) is 7.78. The van der Waals surface area contributed by atoms with Gasteiger partial charge in [-0.15, -0.1) is 6.58 Å². The Labute approximate surface area is 122 Å². The summed E-state index contributed by atoms with van der Waals surface area (Å²) >= 11 is 0. The summed E-state index contributed by atoms with van der Waals surface area (Å²) in [6.45, 7) is 3.57. The predicted octanol–water partition coefficient (Wildman–Crippen LogP) is 1.53. The van der Waals surface area contributed by atoms with Crippen LogP contribution >= 0.6 is 0 Å². The first-order valence-corrected chi connectivity index (χ1v) is 6.41. The lowest BCUT2D eigenvalue weighted by Crippen LogP contribution is -2.44. The number of nitrogens with two attached hydrogens (primary N) is 1. The molecule has 0 aliphatic heterocycles. The highest BCUT2D eigenvalue weighted by Crippen LogP contribution is 2.13. The van der Waals surface area contributed by atoms with E-state index in [9.17, 15) is 19.7 Å². The molecule has 21 heavy (non-hydrogen) atoms. The molecular formula is C14H17N3O4. The zero-order chi connectivity index (χ0) is 15.8. The van der Waals surface area contributed by atoms with E-state index >= 15 is 0 Å². The molecule has 0 aliphatic carbocycles. The van der Waals surface area contributed by atoms with Crippen LogP contribution in [0.4, 0.5) is 5.69 Å². The lowest BCUT2D eigenvalue weighted by atomic mass is 10.1. The van der Waals surface area contributed by atoms with Gasteiger partial charge in [-0.05, 0) is 25.3 Å². The Kier molecular flexibility index (Phi) is 6.06. The Hall–Kier alpha value is -2.70. The first kappa shape index (κ1) is 16.4. The van der Waals surface area contributed by atoms with Crippen LogP contribution in [-0.2, 0) is 4.79 Å². The summed E-state index contributed by atoms with van der Waals surface area (Å²) in [7, 11) is 0. The first-order chi connectivity index (χ1) is 9.95. The van der Waals surface area contributed by atoms with Crippen molar-refractivity contribution in [2.24, 2.45) is 5.73 Å². The number of hydrogen-bond acceptors (Lipinski definition) is 4. The lowest BCUT2D eigenvalue weighted by Gasteiger charge is -2.15. The van der Waals surface area contributed by atoms with E-state index in [-0.39, 0.29) is 11.3 Å². The SMILES string of the molecule is C=CCCC[C@@H](NC(=O)c1cccc([N+](=O)[O-])c1)C(N)=O. The number of hydrogen-bond donors (Lipinski definition) is 2. The van der Waals surface area contributed by atoms with Crippen molar-refractivity contribution in [3.8, 4) is 0 Å². The number of carbonyl (C=O) groups is 2. The topological polar surface area (TPSA) is 115 Å². The average molecular weight is 291 g/mol. The van der Waals surface area contributed by atoms with E-state index in [0.29, 0.717) is 19.3 Å². The number of non-ortho nitro benzene ring substituents is 1. The van der Waals surface area contributed by atoms with Gasteiger partial charge >= 0.3 is 0 Å². The van der Waals surface area contributed by atoms with Gasteiger partial charge in [0, 0.05) is 17.7 Å². The summed E-state index contributed by atoms with van der Waals surface area (Å²) in [5.74, 6) is -1.21. The smallest absolute Gasteiger partial charge is 0.270 e. The molecule has 0 radical (unpaired) electrons. The van der Waals surface area contributed by atoms with Crippen LogP contribution in [-0.4, -0.2) is 22.8 Å². The molecule has 0 fully saturated rings. The highest BCUT2D eigenvalue weighted by molar-refractivity contribution is 5.97. The van der Waals surface area contributed by atoms with Gasteiger partial charge in [0.1, 0.15) is 6.04 Å². The second-order valence-corrected chi connectivity index (χ2v) is 4.46. The molecule has 0 bridgehead atoms. The third-order valence-electron chi connectivity index (χ3n) is 2.87. The Morgan fingerprint density at radius 1 is 1.48 bits per heavy atom. The molecule has 112 valence electrons. The Morgan fingerprint density at radius 3 is 2.76 bits per heavy atom. The van der Waals surface area contributed by atoms with Crippen molar-refractivity contribution in [3.05, 3.63) is 52.6 Å². The number of nitrogens with zero attached hydrogens (tertiary/aromatic N) is 1. The van der Waals surface area contributed by atoms with Crippen LogP contribution in [0.2, 0.25) is 0 Å². The molecule has 7 nitrogen and oxygen atoms in total. The number of rotatable bonds is 8. The molecule has 0 saturated carbocycles. The zero-order valence-electron chi connectivity index (χ0n) is 11.5. The van der Waals surface area contributed by atoms with E-state index in [1.165, 1.54) is 18.2 Å². The third kappa shape index (κ3) is 5.06. The molecule has 1 rings (SSSR count). The summed E-state index contributed by atoms with van der Waals surface area (Å²) < 4.78 is 0. The minimum atomic E-state index is -0.809. The number of primary amides is 1. The Balaban J connectivity index is 2.77. The van der Waals surface area contributed by atoms with Gasteiger partial charge in [0.25, 0.3) is 11.6 Å². The van der Waals surface area contributed by atoms with Crippen molar-refractivity contribution in [1.29, 1.82) is 0 Å². The molecule has 3 N–H and O–H groups in total. The average Bonchev–Trinajstić information content (AvgIpc) is 2.46. The molecule has 0 saturated heterocycles. The maximum Gasteiger partial charge on any atom is 0.270 e. The van der Waals surface area contributed by atoms with E-state index < -0.39 is 22.8 Å². The van der Waals surface area contributed by atoms with E-state index in [4.69, 9.17) is 5.73 Å². The molecule has 0 heterocycles. The van der Waals surface area contributed by atoms with Gasteiger partial charge in [-0.25, -0.2) is 0 Å². The Bertz CT molecular complexity index is 557. The fraction of sp³-hybridized carbons (Fsp3) is 0.286. The molecule has 1 aromatic carbocycles. The van der Waals surface area contributed by atoms with Crippen molar-refractivity contribution in [3.63, 3.8) is 0 Å². The molecule has 7 heteroatoms. The van der Waals surface area contributed by atoms with Gasteiger partial charge in [-0.1, -0.05) is 12.1 Å². The summed E-state index contributed by atoms with van der Waals surface area (Å²) in [5.41, 5.74) is 5.16. The van der Waals surface area contributed by atoms with E-state index in [2.05, 4.69) is 11.9 Å². The standard InChI is InChI=1S/C14H17N3O4/c1-2-3-4-8-12(13(15)18)16-14(19)10-6-5-7-11(9-10)17(20)21/h2,5-7,9,12H,1,3-4,8H2,(H2,15,18)(H,16,19)/t12-/m1/s1. The maximum atomic E-state index is 12.0. The maximum absolute atomic E-state index is 12.0. The van der Waals surface area contributed by atoms with Crippen LogP contribution < -0.4 is 11.1 Å². The molecule has 0 aromatic heterocycles. The summed E-state index contributed by atoms with van der Waals surface area (Å²) in [4.78, 5) is 33.4. The molecule has 2 amide bonds. The van der Waals surface area contributed by atoms with Gasteiger partial charge in [0.2, 0.25) is 5.91 Å². The number of benzene rings is 1. The molecule has 0 spiro atoms. The minimum absolute atomic E-state index is 0.110. The number of nitro groups is 1. The highest BCUT2D eigenvalue weighted by atomic mass is 16.6. The quantitative estimate of drug-likeness (QED) is 0.327. The van der Waals surface area contributed by atoms with E-state index in [1.54, 1.807) is 6.08 Å². The van der Waals surface area contributed by atoms with Gasteiger partial charge in [-0.2, -0.15) is 0 Å². The van der Waals surface area contributed by atoms with Crippen LogP contribution in [0.1, 0.15) is 29.6 Å². The van der Waals surface area contributed by atoms with Crippen molar-refractivity contribution in [2.45, 2.75) is 25.3 Å². The normalized spacial score (nSPS) is 11.4. The van der Waals surface area contributed by atoms with Crippen molar-refractivity contribution in [1.82, 2.24) is 5.32 Å². The summed E-state index contributed by atoms with van der Waals surface area (Å²) in [5, 5.41) is 13.2. The molecule has 0 unspecified atom stereocenters. The van der Waals surface area contributed by atoms with E-state index in [1.807, 2.05) is 0 Å². The molecule has 0 aliphatic rings. The number of amides is 2. The zero-order valence-corrected chi connectivity index (χ0v) is 11.5. The van der Waals surface area contributed by atoms with Gasteiger partial charge in [0.05, 0.1) is 4.92 Å². The third-order valence-corrected chi connectivity index (χ3v) is 2.87. The fourth-order valence-corrected chi connectivity index (χ4v) is 1.75. The van der Waals surface area contributed by atoms with Gasteiger partial charge in [0.15, 0.2) is 0 Å². The van der Waals surface area contributed by atoms with E-state index in [0.717, 1.165) is 6.07 Å². The monoisotopic (exact) mass is 291 g/mol. The fourth-order valence-electron chi connectivity index (χ4n) is 1.75. The highest BCUT2D eigenvalue weighted by Gasteiger charge is 2.19. The number of nitrogens with one attached hydrogen (secondary N) is 1. The molecule has 1 atom stereocenters. The van der Waals surface area contributed by atoms with Crippen LogP contribution in [0.3, 0.4) is 0 Å². The number of nitro benzene ring substituents is 1. The van der Waals surface area contributed by atoms with Crippen LogP contribution in [0.15, 0.2) is 36.9 Å². The number of carbonyl (C=O) groups excluding carboxylic acids is 2. The van der Waals surface area contributed by atoms with Crippen LogP contribution in [0.5, 0.6) is 0 Å². The largest absolute Gasteiger partial charge is 0.368 e. The first-order valence-electron chi connectivity index (χ1n) is 6.41. The molecular weight excluding hydrogens is 274 g/mol. The minimum Gasteiger partial charge on any atom is -0.368 e. The van der Waals surface area contributed by atoms with Crippen molar-refractivity contribution >= 4 is 17.5 Å². The Morgan fingerprint density at radius 2 is 2.19 bits per heavy atom. The van der Waals surface area contributed by atoms with Gasteiger partial charge in [-0.3, -0.25) is 19.7 Å². The number of allylic oxidation sites excluding steroid dienone is 1. The summed E-state index contributed by atoms with van der Waals surface area (Å²) in [6.07, 6.45) is 3.46. The van der Waals surface area contributed by atoms with Crippen molar-refractivity contribution in [2.75, 3.05) is 0 Å². The second-order valence-electron chi connectivity index (χ2n) is 4.46. The summed E-state index contributed by atoms with van der Waals surface area (Å²) in [6, 6.07) is 4.47. The molecule has 1 aromatic rings. The predicted molar refractivity (Wildman–Crippen MR) is 77.6 cm³/mol.